The number of aliphatic hydroxyl groups is 1. The first-order valence-electron chi connectivity index (χ1n) is 5.21. The summed E-state index contributed by atoms with van der Waals surface area (Å²) in [5.74, 6) is 1.14. The summed E-state index contributed by atoms with van der Waals surface area (Å²) >= 11 is 0. The standard InChI is InChI=1S/C12H11N3O2/c13-12-11(9-2-1-5-17-9)14-10-4-3-8(7-16)6-15(10)12/h1-6,16H,7,13H2. The van der Waals surface area contributed by atoms with Gasteiger partial charge in [0.15, 0.2) is 5.76 Å². The zero-order chi connectivity index (χ0) is 11.8. The Bertz CT molecular complexity index is 656. The van der Waals surface area contributed by atoms with Crippen LogP contribution in [0, 0.1) is 0 Å². The molecule has 0 atom stereocenters. The highest BCUT2D eigenvalue weighted by molar-refractivity contribution is 5.71. The molecular formula is C12H11N3O2. The Morgan fingerprint density at radius 1 is 1.35 bits per heavy atom. The van der Waals surface area contributed by atoms with Gasteiger partial charge in [0, 0.05) is 6.20 Å². The van der Waals surface area contributed by atoms with Gasteiger partial charge in [0.05, 0.1) is 12.9 Å². The fourth-order valence-electron chi connectivity index (χ4n) is 1.80. The molecule has 3 heterocycles. The van der Waals surface area contributed by atoms with E-state index in [4.69, 9.17) is 15.3 Å². The quantitative estimate of drug-likeness (QED) is 0.700. The lowest BCUT2D eigenvalue weighted by atomic mass is 10.3. The molecule has 3 rings (SSSR count). The minimum absolute atomic E-state index is 0.0242. The summed E-state index contributed by atoms with van der Waals surface area (Å²) in [5, 5.41) is 9.09. The number of aromatic nitrogens is 2. The van der Waals surface area contributed by atoms with Crippen molar-refractivity contribution in [3.8, 4) is 11.5 Å². The van der Waals surface area contributed by atoms with E-state index in [9.17, 15) is 0 Å². The van der Waals surface area contributed by atoms with Crippen LogP contribution in [-0.4, -0.2) is 14.5 Å². The summed E-state index contributed by atoms with van der Waals surface area (Å²) in [6.45, 7) is -0.0242. The van der Waals surface area contributed by atoms with Gasteiger partial charge in [-0.3, -0.25) is 4.40 Å². The molecule has 0 amide bonds. The van der Waals surface area contributed by atoms with Crippen LogP contribution in [0.2, 0.25) is 0 Å². The van der Waals surface area contributed by atoms with Gasteiger partial charge in [0.1, 0.15) is 17.2 Å². The van der Waals surface area contributed by atoms with Gasteiger partial charge >= 0.3 is 0 Å². The van der Waals surface area contributed by atoms with Crippen molar-refractivity contribution in [2.75, 3.05) is 5.73 Å². The van der Waals surface area contributed by atoms with Crippen LogP contribution < -0.4 is 5.73 Å². The summed E-state index contributed by atoms with van der Waals surface area (Å²) in [6.07, 6.45) is 3.35. The molecule has 0 unspecified atom stereocenters. The van der Waals surface area contributed by atoms with E-state index in [1.165, 1.54) is 0 Å². The number of nitrogens with zero attached hydrogens (tertiary/aromatic N) is 2. The normalized spacial score (nSPS) is 11.1. The summed E-state index contributed by atoms with van der Waals surface area (Å²) in [6, 6.07) is 7.23. The molecule has 0 aliphatic carbocycles. The number of nitrogen functional groups attached to an aromatic ring is 1. The van der Waals surface area contributed by atoms with Crippen molar-refractivity contribution < 1.29 is 9.52 Å². The molecule has 0 spiro atoms. The number of hydrogen-bond acceptors (Lipinski definition) is 4. The third-order valence-corrected chi connectivity index (χ3v) is 2.65. The molecular weight excluding hydrogens is 218 g/mol. The average molecular weight is 229 g/mol. The summed E-state index contributed by atoms with van der Waals surface area (Å²) in [5.41, 5.74) is 8.14. The smallest absolute Gasteiger partial charge is 0.156 e. The van der Waals surface area contributed by atoms with E-state index in [-0.39, 0.29) is 6.61 Å². The van der Waals surface area contributed by atoms with Crippen molar-refractivity contribution in [3.63, 3.8) is 0 Å². The molecule has 5 heteroatoms. The highest BCUT2D eigenvalue weighted by Crippen LogP contribution is 2.26. The molecule has 3 aromatic rings. The number of hydrogen-bond donors (Lipinski definition) is 2. The van der Waals surface area contributed by atoms with Gasteiger partial charge < -0.3 is 15.3 Å². The molecule has 0 aliphatic heterocycles. The van der Waals surface area contributed by atoms with E-state index in [0.29, 0.717) is 17.3 Å². The number of nitrogens with two attached hydrogens (primary N) is 1. The van der Waals surface area contributed by atoms with Crippen LogP contribution in [0.25, 0.3) is 17.1 Å². The number of aliphatic hydroxyl groups excluding tert-OH is 1. The lowest BCUT2D eigenvalue weighted by Gasteiger charge is -1.99. The van der Waals surface area contributed by atoms with E-state index in [1.807, 2.05) is 18.2 Å². The van der Waals surface area contributed by atoms with Gasteiger partial charge in [0.2, 0.25) is 0 Å². The molecule has 0 fully saturated rings. The van der Waals surface area contributed by atoms with Crippen molar-refractivity contribution in [2.45, 2.75) is 6.61 Å². The van der Waals surface area contributed by atoms with E-state index in [2.05, 4.69) is 4.98 Å². The van der Waals surface area contributed by atoms with Gasteiger partial charge in [-0.1, -0.05) is 6.07 Å². The van der Waals surface area contributed by atoms with Crippen LogP contribution in [0.4, 0.5) is 5.82 Å². The predicted octanol–water partition coefficient (Wildman–Crippen LogP) is 1.67. The lowest BCUT2D eigenvalue weighted by Crippen LogP contribution is -1.95. The number of anilines is 1. The topological polar surface area (TPSA) is 76.7 Å². The molecule has 0 saturated carbocycles. The van der Waals surface area contributed by atoms with Crippen LogP contribution >= 0.6 is 0 Å². The SMILES string of the molecule is Nc1c(-c2ccco2)nc2ccc(CO)cn12. The minimum Gasteiger partial charge on any atom is -0.463 e. The van der Waals surface area contributed by atoms with Crippen molar-refractivity contribution >= 4 is 11.5 Å². The van der Waals surface area contributed by atoms with Crippen LogP contribution in [0.3, 0.4) is 0 Å². The zero-order valence-corrected chi connectivity index (χ0v) is 9.00. The molecule has 3 N–H and O–H groups in total. The minimum atomic E-state index is -0.0242. The molecule has 86 valence electrons. The molecule has 0 aliphatic rings. The number of imidazole rings is 1. The largest absolute Gasteiger partial charge is 0.463 e. The van der Waals surface area contributed by atoms with E-state index < -0.39 is 0 Å². The first-order chi connectivity index (χ1) is 8.29. The maximum Gasteiger partial charge on any atom is 0.156 e. The van der Waals surface area contributed by atoms with Crippen molar-refractivity contribution in [1.82, 2.24) is 9.38 Å². The third-order valence-electron chi connectivity index (χ3n) is 2.65. The highest BCUT2D eigenvalue weighted by Gasteiger charge is 2.13. The van der Waals surface area contributed by atoms with Gasteiger partial charge in [0.25, 0.3) is 0 Å². The second kappa shape index (κ2) is 3.64. The summed E-state index contributed by atoms with van der Waals surface area (Å²) < 4.78 is 7.02. The summed E-state index contributed by atoms with van der Waals surface area (Å²) in [7, 11) is 0. The Balaban J connectivity index is 2.25. The molecule has 0 radical (unpaired) electrons. The zero-order valence-electron chi connectivity index (χ0n) is 9.00. The number of rotatable bonds is 2. The maximum atomic E-state index is 9.09. The summed E-state index contributed by atoms with van der Waals surface area (Å²) in [4.78, 5) is 4.39. The maximum absolute atomic E-state index is 9.09. The highest BCUT2D eigenvalue weighted by atomic mass is 16.3. The first-order valence-corrected chi connectivity index (χ1v) is 5.21. The predicted molar refractivity (Wildman–Crippen MR) is 63.2 cm³/mol. The molecule has 0 bridgehead atoms. The van der Waals surface area contributed by atoms with Gasteiger partial charge in [-0.05, 0) is 23.8 Å². The van der Waals surface area contributed by atoms with Gasteiger partial charge in [-0.2, -0.15) is 0 Å². The fourth-order valence-corrected chi connectivity index (χ4v) is 1.80. The van der Waals surface area contributed by atoms with Crippen LogP contribution in [-0.2, 0) is 6.61 Å². The van der Waals surface area contributed by atoms with Crippen molar-refractivity contribution in [2.24, 2.45) is 0 Å². The molecule has 3 aromatic heterocycles. The Morgan fingerprint density at radius 3 is 2.94 bits per heavy atom. The second-order valence-corrected chi connectivity index (χ2v) is 3.75. The Hall–Kier alpha value is -2.27. The van der Waals surface area contributed by atoms with Crippen molar-refractivity contribution in [1.29, 1.82) is 0 Å². The molecule has 0 aromatic carbocycles. The van der Waals surface area contributed by atoms with Crippen LogP contribution in [0.1, 0.15) is 5.56 Å². The Morgan fingerprint density at radius 2 is 2.24 bits per heavy atom. The van der Waals surface area contributed by atoms with E-state index in [0.717, 1.165) is 11.2 Å². The molecule has 17 heavy (non-hydrogen) atoms. The average Bonchev–Trinajstić information content (AvgIpc) is 2.97. The Labute approximate surface area is 97.1 Å². The lowest BCUT2D eigenvalue weighted by molar-refractivity contribution is 0.281. The van der Waals surface area contributed by atoms with Gasteiger partial charge in [-0.25, -0.2) is 4.98 Å². The van der Waals surface area contributed by atoms with Gasteiger partial charge in [-0.15, -0.1) is 0 Å². The molecule has 0 saturated heterocycles. The van der Waals surface area contributed by atoms with Crippen molar-refractivity contribution in [3.05, 3.63) is 42.3 Å². The number of fused-ring (bicyclic) bond motifs is 1. The first kappa shape index (κ1) is 9.92. The molecule has 5 nitrogen and oxygen atoms in total. The van der Waals surface area contributed by atoms with Crippen LogP contribution in [0.5, 0.6) is 0 Å². The number of furan rings is 1. The fraction of sp³-hybridized carbons (Fsp3) is 0.0833. The monoisotopic (exact) mass is 229 g/mol. The van der Waals surface area contributed by atoms with Crippen LogP contribution in [0.15, 0.2) is 41.1 Å². The van der Waals surface area contributed by atoms with E-state index in [1.54, 1.807) is 22.9 Å². The number of pyridine rings is 1. The Kier molecular flexibility index (Phi) is 2.12. The van der Waals surface area contributed by atoms with E-state index >= 15 is 0 Å². The third kappa shape index (κ3) is 1.48. The second-order valence-electron chi connectivity index (χ2n) is 3.75.